The van der Waals surface area contributed by atoms with Gasteiger partial charge in [0.05, 0.1) is 16.1 Å². The summed E-state index contributed by atoms with van der Waals surface area (Å²) in [5, 5.41) is 14.6. The van der Waals surface area contributed by atoms with Crippen LogP contribution in [0.4, 0.5) is 5.69 Å². The maximum Gasteiger partial charge on any atom is 0.311 e. The summed E-state index contributed by atoms with van der Waals surface area (Å²) >= 11 is 12.7. The molecule has 1 fully saturated rings. The number of carboxylic acid groups (broad SMARTS) is 1. The Morgan fingerprint density at radius 2 is 2.14 bits per heavy atom. The molecule has 3 nitrogen and oxygen atoms in total. The lowest BCUT2D eigenvalue weighted by molar-refractivity contribution is -0.152. The van der Waals surface area contributed by atoms with Gasteiger partial charge in [0.25, 0.3) is 0 Å². The number of carbonyl (C=O) groups is 1. The monoisotopic (exact) mass is 327 g/mol. The van der Waals surface area contributed by atoms with Gasteiger partial charge in [-0.3, -0.25) is 4.79 Å². The van der Waals surface area contributed by atoms with Gasteiger partial charge in [0.15, 0.2) is 0 Å². The van der Waals surface area contributed by atoms with Crippen LogP contribution >= 0.6 is 23.2 Å². The van der Waals surface area contributed by atoms with Gasteiger partial charge in [-0.05, 0) is 31.4 Å². The number of hydrogen-bond acceptors (Lipinski definition) is 2. The highest BCUT2D eigenvalue weighted by Gasteiger charge is 2.54. The van der Waals surface area contributed by atoms with Crippen molar-refractivity contribution in [1.29, 1.82) is 0 Å². The van der Waals surface area contributed by atoms with E-state index >= 15 is 0 Å². The number of rotatable bonds is 3. The molecule has 1 aromatic rings. The van der Waals surface area contributed by atoms with E-state index < -0.39 is 11.4 Å². The molecule has 2 aliphatic rings. The summed E-state index contributed by atoms with van der Waals surface area (Å²) in [6.07, 6.45) is 4.13. The van der Waals surface area contributed by atoms with Crippen LogP contribution in [-0.4, -0.2) is 17.1 Å². The van der Waals surface area contributed by atoms with Gasteiger partial charge in [0.1, 0.15) is 0 Å². The Balaban J connectivity index is 2.09. The van der Waals surface area contributed by atoms with Crippen molar-refractivity contribution in [2.45, 2.75) is 51.0 Å². The van der Waals surface area contributed by atoms with Crippen LogP contribution in [0.15, 0.2) is 12.1 Å². The van der Waals surface area contributed by atoms with Crippen LogP contribution in [0.1, 0.15) is 50.5 Å². The maximum absolute atomic E-state index is 12.0. The van der Waals surface area contributed by atoms with Crippen molar-refractivity contribution in [3.63, 3.8) is 0 Å². The molecule has 3 atom stereocenters. The molecule has 1 saturated carbocycles. The molecule has 21 heavy (non-hydrogen) atoms. The van der Waals surface area contributed by atoms with Crippen LogP contribution in [-0.2, 0) is 4.79 Å². The maximum atomic E-state index is 12.0. The topological polar surface area (TPSA) is 49.3 Å². The van der Waals surface area contributed by atoms with Crippen molar-refractivity contribution < 1.29 is 9.90 Å². The normalized spacial score (nSPS) is 30.4. The Morgan fingerprint density at radius 3 is 2.81 bits per heavy atom. The van der Waals surface area contributed by atoms with Crippen molar-refractivity contribution >= 4 is 34.9 Å². The summed E-state index contributed by atoms with van der Waals surface area (Å²) in [4.78, 5) is 12.0. The minimum Gasteiger partial charge on any atom is -0.481 e. The molecule has 0 radical (unpaired) electrons. The van der Waals surface area contributed by atoms with Gasteiger partial charge in [0, 0.05) is 22.5 Å². The number of nitrogens with one attached hydrogen (secondary N) is 1. The third kappa shape index (κ3) is 2.13. The van der Waals surface area contributed by atoms with E-state index in [1.165, 1.54) is 0 Å². The largest absolute Gasteiger partial charge is 0.481 e. The van der Waals surface area contributed by atoms with Crippen molar-refractivity contribution in [1.82, 2.24) is 0 Å². The Morgan fingerprint density at radius 1 is 1.43 bits per heavy atom. The van der Waals surface area contributed by atoms with E-state index in [0.717, 1.165) is 30.5 Å². The first-order valence-corrected chi connectivity index (χ1v) is 8.24. The molecule has 5 heteroatoms. The fraction of sp³-hybridized carbons (Fsp3) is 0.562. The van der Waals surface area contributed by atoms with Crippen LogP contribution in [0.25, 0.3) is 0 Å². The molecular formula is C16H19Cl2NO2. The minimum atomic E-state index is -0.719. The highest BCUT2D eigenvalue weighted by atomic mass is 35.5. The van der Waals surface area contributed by atoms with E-state index in [-0.39, 0.29) is 12.0 Å². The molecule has 2 N–H and O–H groups in total. The molecule has 0 aromatic heterocycles. The van der Waals surface area contributed by atoms with Gasteiger partial charge < -0.3 is 10.4 Å². The first-order valence-electron chi connectivity index (χ1n) is 7.49. The summed E-state index contributed by atoms with van der Waals surface area (Å²) < 4.78 is 0. The van der Waals surface area contributed by atoms with Gasteiger partial charge in [0.2, 0.25) is 0 Å². The van der Waals surface area contributed by atoms with Crippen LogP contribution in [0.2, 0.25) is 10.0 Å². The molecule has 0 spiro atoms. The number of carboxylic acids is 1. The van der Waals surface area contributed by atoms with Gasteiger partial charge in [-0.25, -0.2) is 0 Å². The summed E-state index contributed by atoms with van der Waals surface area (Å²) in [6.45, 7) is 2.04. The summed E-state index contributed by atoms with van der Waals surface area (Å²) in [6, 6.07) is 3.47. The van der Waals surface area contributed by atoms with Gasteiger partial charge in [-0.15, -0.1) is 0 Å². The molecule has 0 saturated heterocycles. The molecule has 3 unspecified atom stereocenters. The van der Waals surface area contributed by atoms with Gasteiger partial charge in [-0.1, -0.05) is 43.0 Å². The second-order valence-electron chi connectivity index (χ2n) is 6.15. The number of halogens is 2. The molecular weight excluding hydrogens is 309 g/mol. The second kappa shape index (κ2) is 5.36. The lowest BCUT2D eigenvalue weighted by atomic mass is 9.63. The SMILES string of the molecule is CCCC1(C(=O)O)CCCC2c3c(Cl)ccc(Cl)c3NC21. The molecule has 0 amide bonds. The highest BCUT2D eigenvalue weighted by Crippen LogP contribution is 2.56. The lowest BCUT2D eigenvalue weighted by Crippen LogP contribution is -2.49. The minimum absolute atomic E-state index is 0.115. The van der Waals surface area contributed by atoms with E-state index in [2.05, 4.69) is 5.32 Å². The number of anilines is 1. The van der Waals surface area contributed by atoms with Crippen molar-refractivity contribution in [2.24, 2.45) is 5.41 Å². The summed E-state index contributed by atoms with van der Waals surface area (Å²) in [5.41, 5.74) is 1.13. The molecule has 3 rings (SSSR count). The molecule has 0 bridgehead atoms. The first kappa shape index (κ1) is 15.0. The summed E-state index contributed by atoms with van der Waals surface area (Å²) in [5.74, 6) is -0.561. The zero-order valence-corrected chi connectivity index (χ0v) is 13.5. The second-order valence-corrected chi connectivity index (χ2v) is 6.96. The Hall–Kier alpha value is -0.930. The zero-order chi connectivity index (χ0) is 15.2. The van der Waals surface area contributed by atoms with Crippen LogP contribution in [0, 0.1) is 5.41 Å². The average molecular weight is 328 g/mol. The van der Waals surface area contributed by atoms with Crippen molar-refractivity contribution in [2.75, 3.05) is 5.32 Å². The predicted octanol–water partition coefficient (Wildman–Crippen LogP) is 4.93. The molecule has 1 aliphatic heterocycles. The van der Waals surface area contributed by atoms with E-state index in [1.54, 1.807) is 6.07 Å². The van der Waals surface area contributed by atoms with Crippen LogP contribution < -0.4 is 5.32 Å². The Labute approximate surface area is 134 Å². The van der Waals surface area contributed by atoms with Crippen molar-refractivity contribution in [3.05, 3.63) is 27.7 Å². The number of fused-ring (bicyclic) bond motifs is 3. The predicted molar refractivity (Wildman–Crippen MR) is 85.4 cm³/mol. The fourth-order valence-corrected chi connectivity index (χ4v) is 4.72. The van der Waals surface area contributed by atoms with Crippen molar-refractivity contribution in [3.8, 4) is 0 Å². The molecule has 1 aliphatic carbocycles. The standard InChI is InChI=1S/C16H19Cl2NO2/c1-2-7-16(15(20)21)8-3-4-9-12-10(17)5-6-11(18)13(12)19-14(9)16/h5-6,9,14,19H,2-4,7-8H2,1H3,(H,20,21). The Kier molecular flexibility index (Phi) is 3.83. The number of hydrogen-bond donors (Lipinski definition) is 2. The molecule has 114 valence electrons. The third-order valence-corrected chi connectivity index (χ3v) is 5.71. The van der Waals surface area contributed by atoms with Gasteiger partial charge >= 0.3 is 5.97 Å². The van der Waals surface area contributed by atoms with Crippen LogP contribution in [0.3, 0.4) is 0 Å². The summed E-state index contributed by atoms with van der Waals surface area (Å²) in [7, 11) is 0. The van der Waals surface area contributed by atoms with E-state index in [4.69, 9.17) is 23.2 Å². The highest BCUT2D eigenvalue weighted by molar-refractivity contribution is 6.36. The molecule has 1 heterocycles. The van der Waals surface area contributed by atoms with E-state index in [9.17, 15) is 9.90 Å². The first-order chi connectivity index (χ1) is 10.0. The van der Waals surface area contributed by atoms with E-state index in [1.807, 2.05) is 13.0 Å². The van der Waals surface area contributed by atoms with E-state index in [0.29, 0.717) is 22.9 Å². The third-order valence-electron chi connectivity index (χ3n) is 5.07. The average Bonchev–Trinajstić information content (AvgIpc) is 2.85. The lowest BCUT2D eigenvalue weighted by Gasteiger charge is -2.42. The fourth-order valence-electron chi connectivity index (χ4n) is 4.20. The van der Waals surface area contributed by atoms with Gasteiger partial charge in [-0.2, -0.15) is 0 Å². The van der Waals surface area contributed by atoms with Crippen LogP contribution in [0.5, 0.6) is 0 Å². The number of benzene rings is 1. The smallest absolute Gasteiger partial charge is 0.311 e. The number of aliphatic carboxylic acids is 1. The molecule has 1 aromatic carbocycles. The quantitative estimate of drug-likeness (QED) is 0.827. The Bertz CT molecular complexity index is 586. The zero-order valence-electron chi connectivity index (χ0n) is 12.0.